The van der Waals surface area contributed by atoms with E-state index < -0.39 is 17.2 Å². The average molecular weight is 480 g/mol. The van der Waals surface area contributed by atoms with Gasteiger partial charge in [0.1, 0.15) is 17.1 Å². The molecular weight excluding hydrogens is 456 g/mol. The molecule has 4 aromatic rings. The number of rotatable bonds is 6. The van der Waals surface area contributed by atoms with Crippen molar-refractivity contribution in [3.63, 3.8) is 0 Å². The Hall–Kier alpha value is -4.41. The molecule has 0 fully saturated rings. The molecule has 0 saturated carbocycles. The number of methoxy groups -OCH3 is 3. The van der Waals surface area contributed by atoms with Gasteiger partial charge in [0, 0.05) is 12.7 Å². The number of hydrogen-bond donors (Lipinski definition) is 0. The van der Waals surface area contributed by atoms with Gasteiger partial charge in [-0.15, -0.1) is 0 Å². The lowest BCUT2D eigenvalue weighted by molar-refractivity contribution is 0.0602. The van der Waals surface area contributed by atoms with Gasteiger partial charge in [-0.1, -0.05) is 6.07 Å². The van der Waals surface area contributed by atoms with E-state index in [0.717, 1.165) is 4.57 Å². The summed E-state index contributed by atoms with van der Waals surface area (Å²) in [6.07, 6.45) is 0. The van der Waals surface area contributed by atoms with Gasteiger partial charge in [-0.25, -0.2) is 19.6 Å². The van der Waals surface area contributed by atoms with Crippen LogP contribution in [0.4, 0.5) is 0 Å². The predicted octanol–water partition coefficient (Wildman–Crippen LogP) is 2.22. The van der Waals surface area contributed by atoms with Crippen molar-refractivity contribution in [1.82, 2.24) is 19.1 Å². The van der Waals surface area contributed by atoms with Crippen LogP contribution in [0, 0.1) is 13.8 Å². The molecule has 0 unspecified atom stereocenters. The van der Waals surface area contributed by atoms with E-state index in [-0.39, 0.29) is 29.0 Å². The van der Waals surface area contributed by atoms with Gasteiger partial charge in [0.2, 0.25) is 5.89 Å². The molecule has 0 aliphatic rings. The zero-order valence-electron chi connectivity index (χ0n) is 20.2. The Morgan fingerprint density at radius 1 is 1.09 bits per heavy atom. The van der Waals surface area contributed by atoms with Gasteiger partial charge in [-0.2, -0.15) is 0 Å². The fraction of sp³-hybridized carbons (Fsp3) is 0.292. The highest BCUT2D eigenvalue weighted by molar-refractivity contribution is 6.02. The minimum Gasteiger partial charge on any atom is -0.493 e. The Labute approximate surface area is 199 Å². The lowest BCUT2D eigenvalue weighted by atomic mass is 10.1. The monoisotopic (exact) mass is 480 g/mol. The van der Waals surface area contributed by atoms with Gasteiger partial charge >= 0.3 is 11.7 Å². The van der Waals surface area contributed by atoms with E-state index in [1.165, 1.54) is 39.0 Å². The first-order valence-electron chi connectivity index (χ1n) is 10.6. The maximum absolute atomic E-state index is 13.4. The van der Waals surface area contributed by atoms with E-state index in [1.54, 1.807) is 32.0 Å². The number of aromatic nitrogens is 4. The Morgan fingerprint density at radius 3 is 2.49 bits per heavy atom. The Balaban J connectivity index is 1.89. The van der Waals surface area contributed by atoms with Crippen molar-refractivity contribution in [3.8, 4) is 23.0 Å². The first-order valence-corrected chi connectivity index (χ1v) is 10.6. The number of ether oxygens (including phenoxy) is 3. The van der Waals surface area contributed by atoms with Crippen molar-refractivity contribution in [2.24, 2.45) is 7.05 Å². The SMILES string of the molecule is COC(=O)c1cc(C)nc2c1c(=O)n(Cc1nc(-c3cccc(OC)c3OC)oc1C)c(=O)n2C. The molecular formula is C24H24N4O7. The largest absolute Gasteiger partial charge is 0.493 e. The number of carbonyl (C=O) groups excluding carboxylic acids is 1. The molecule has 0 atom stereocenters. The number of pyridine rings is 1. The highest BCUT2D eigenvalue weighted by Gasteiger charge is 2.23. The van der Waals surface area contributed by atoms with E-state index in [9.17, 15) is 14.4 Å². The van der Waals surface area contributed by atoms with Gasteiger partial charge in [0.25, 0.3) is 5.56 Å². The second-order valence-corrected chi connectivity index (χ2v) is 7.80. The topological polar surface area (TPSA) is 128 Å². The van der Waals surface area contributed by atoms with E-state index in [4.69, 9.17) is 18.6 Å². The Kier molecular flexibility index (Phi) is 6.16. The van der Waals surface area contributed by atoms with E-state index in [0.29, 0.717) is 34.2 Å². The van der Waals surface area contributed by atoms with E-state index in [2.05, 4.69) is 9.97 Å². The molecule has 3 heterocycles. The summed E-state index contributed by atoms with van der Waals surface area (Å²) in [6, 6.07) is 6.72. The van der Waals surface area contributed by atoms with Gasteiger partial charge in [-0.3, -0.25) is 13.9 Å². The third kappa shape index (κ3) is 3.94. The molecule has 0 saturated heterocycles. The summed E-state index contributed by atoms with van der Waals surface area (Å²) in [5.41, 5.74) is 0.210. The molecule has 182 valence electrons. The summed E-state index contributed by atoms with van der Waals surface area (Å²) in [5.74, 6) is 0.888. The van der Waals surface area contributed by atoms with Crippen LogP contribution in [-0.4, -0.2) is 46.4 Å². The average Bonchev–Trinajstić information content (AvgIpc) is 3.23. The van der Waals surface area contributed by atoms with Gasteiger partial charge in [-0.05, 0) is 32.0 Å². The van der Waals surface area contributed by atoms with Crippen molar-refractivity contribution >= 4 is 17.0 Å². The van der Waals surface area contributed by atoms with Crippen molar-refractivity contribution in [2.45, 2.75) is 20.4 Å². The van der Waals surface area contributed by atoms with Crippen LogP contribution in [-0.2, 0) is 18.3 Å². The van der Waals surface area contributed by atoms with Crippen molar-refractivity contribution in [2.75, 3.05) is 21.3 Å². The smallest absolute Gasteiger partial charge is 0.338 e. The molecule has 0 spiro atoms. The minimum absolute atomic E-state index is 0.0135. The lowest BCUT2D eigenvalue weighted by Crippen LogP contribution is -2.40. The first kappa shape index (κ1) is 23.7. The van der Waals surface area contributed by atoms with Gasteiger partial charge < -0.3 is 18.6 Å². The van der Waals surface area contributed by atoms with Gasteiger partial charge in [0.15, 0.2) is 11.5 Å². The van der Waals surface area contributed by atoms with Gasteiger partial charge in [0.05, 0.1) is 44.4 Å². The summed E-state index contributed by atoms with van der Waals surface area (Å²) < 4.78 is 23.7. The van der Waals surface area contributed by atoms with Crippen LogP contribution < -0.4 is 20.7 Å². The number of carbonyl (C=O) groups is 1. The highest BCUT2D eigenvalue weighted by Crippen LogP contribution is 2.37. The Bertz CT molecular complexity index is 1580. The highest BCUT2D eigenvalue weighted by atomic mass is 16.5. The fourth-order valence-electron chi connectivity index (χ4n) is 3.91. The minimum atomic E-state index is -0.701. The van der Waals surface area contributed by atoms with Crippen molar-refractivity contribution in [1.29, 1.82) is 0 Å². The molecule has 35 heavy (non-hydrogen) atoms. The second kappa shape index (κ2) is 9.09. The summed E-state index contributed by atoms with van der Waals surface area (Å²) in [4.78, 5) is 47.8. The number of benzene rings is 1. The number of oxazole rings is 1. The molecule has 0 aliphatic carbocycles. The Morgan fingerprint density at radius 2 is 1.83 bits per heavy atom. The van der Waals surface area contributed by atoms with Crippen molar-refractivity contribution < 1.29 is 23.4 Å². The molecule has 0 bridgehead atoms. The quantitative estimate of drug-likeness (QED) is 0.382. The molecule has 1 aromatic carbocycles. The number of fused-ring (bicyclic) bond motifs is 1. The summed E-state index contributed by atoms with van der Waals surface area (Å²) >= 11 is 0. The maximum atomic E-state index is 13.4. The number of nitrogens with zero attached hydrogens (tertiary/aromatic N) is 4. The second-order valence-electron chi connectivity index (χ2n) is 7.80. The fourth-order valence-corrected chi connectivity index (χ4v) is 3.91. The normalized spacial score (nSPS) is 11.0. The van der Waals surface area contributed by atoms with Crippen LogP contribution in [0.1, 0.15) is 27.5 Å². The van der Waals surface area contributed by atoms with E-state index in [1.807, 2.05) is 0 Å². The third-order valence-electron chi connectivity index (χ3n) is 5.66. The molecule has 0 amide bonds. The van der Waals surface area contributed by atoms with Crippen LogP contribution in [0.3, 0.4) is 0 Å². The molecule has 0 radical (unpaired) electrons. The third-order valence-corrected chi connectivity index (χ3v) is 5.66. The predicted molar refractivity (Wildman–Crippen MR) is 126 cm³/mol. The zero-order chi connectivity index (χ0) is 25.4. The van der Waals surface area contributed by atoms with Crippen LogP contribution in [0.2, 0.25) is 0 Å². The summed E-state index contributed by atoms with van der Waals surface area (Å²) in [7, 11) is 5.73. The van der Waals surface area contributed by atoms with E-state index >= 15 is 0 Å². The molecule has 0 aliphatic heterocycles. The summed E-state index contributed by atoms with van der Waals surface area (Å²) in [6.45, 7) is 3.16. The van der Waals surface area contributed by atoms with Crippen molar-refractivity contribution in [3.05, 3.63) is 67.8 Å². The standard InChI is InChI=1S/C24H24N4O7/c1-12-10-15(23(30)34-6)18-20(25-12)27(3)24(31)28(22(18)29)11-16-13(2)35-21(26-16)14-8-7-9-17(32-4)19(14)33-5/h7-10H,11H2,1-6H3. The molecule has 3 aromatic heterocycles. The van der Waals surface area contributed by atoms with Crippen LogP contribution in [0.15, 0.2) is 38.3 Å². The number of hydrogen-bond acceptors (Lipinski definition) is 9. The number of esters is 1. The molecule has 11 nitrogen and oxygen atoms in total. The molecule has 11 heteroatoms. The number of aryl methyl sites for hydroxylation is 3. The molecule has 0 N–H and O–H groups in total. The van der Waals surface area contributed by atoms with Crippen LogP contribution in [0.25, 0.3) is 22.5 Å². The summed E-state index contributed by atoms with van der Waals surface area (Å²) in [5, 5.41) is -0.0135. The van der Waals surface area contributed by atoms with Crippen LogP contribution in [0.5, 0.6) is 11.5 Å². The molecule has 4 rings (SSSR count). The number of para-hydroxylation sites is 1. The maximum Gasteiger partial charge on any atom is 0.338 e. The first-order chi connectivity index (χ1) is 16.7. The van der Waals surface area contributed by atoms with Crippen LogP contribution >= 0.6 is 0 Å². The zero-order valence-corrected chi connectivity index (χ0v) is 20.2. The lowest BCUT2D eigenvalue weighted by Gasteiger charge is -2.12.